The minimum atomic E-state index is -0.0762. The molecular formula is C27H25ClN2O3S2. The summed E-state index contributed by atoms with van der Waals surface area (Å²) in [5.41, 5.74) is 2.36. The number of ketones is 1. The largest absolute Gasteiger partial charge is 0.494 e. The van der Waals surface area contributed by atoms with Crippen molar-refractivity contribution >= 4 is 50.7 Å². The van der Waals surface area contributed by atoms with Gasteiger partial charge in [0.2, 0.25) is 0 Å². The number of carbonyl (C=O) groups excluding carboxylic acids is 1. The first kappa shape index (κ1) is 24.1. The zero-order valence-corrected chi connectivity index (χ0v) is 21.9. The Morgan fingerprint density at radius 1 is 1.20 bits per heavy atom. The number of thiophene rings is 1. The standard InChI is InChI=1S/C27H25ClN2O3S2/c1-3-33-20-11-9-19(10-12-20)30-26(32)24-21-13-4-16(2)14-23(21)35-25(24)29-27(30)34-15-22(31)17-5-7-18(28)8-6-17/h5-12,16H,3-4,13-15H2,1-2H3. The number of aromatic nitrogens is 2. The molecule has 0 fully saturated rings. The molecule has 0 saturated carbocycles. The Bertz CT molecular complexity index is 1440. The molecule has 1 atom stereocenters. The van der Waals surface area contributed by atoms with Crippen LogP contribution in [-0.4, -0.2) is 27.7 Å². The van der Waals surface area contributed by atoms with Gasteiger partial charge >= 0.3 is 0 Å². The molecule has 0 spiro atoms. The molecule has 0 saturated heterocycles. The lowest BCUT2D eigenvalue weighted by atomic mass is 9.89. The minimum absolute atomic E-state index is 0.0430. The van der Waals surface area contributed by atoms with Gasteiger partial charge in [0.05, 0.1) is 23.4 Å². The third-order valence-corrected chi connectivity index (χ3v) is 8.54. The summed E-state index contributed by atoms with van der Waals surface area (Å²) in [5, 5.41) is 1.82. The van der Waals surface area contributed by atoms with Gasteiger partial charge in [0.1, 0.15) is 10.6 Å². The van der Waals surface area contributed by atoms with E-state index in [-0.39, 0.29) is 17.1 Å². The molecule has 0 radical (unpaired) electrons. The summed E-state index contributed by atoms with van der Waals surface area (Å²) in [7, 11) is 0. The molecule has 1 aliphatic rings. The summed E-state index contributed by atoms with van der Waals surface area (Å²) in [5.74, 6) is 1.47. The van der Waals surface area contributed by atoms with Crippen LogP contribution < -0.4 is 10.3 Å². The number of Topliss-reactive ketones (excluding diaryl/α,β-unsaturated/α-hetero) is 1. The van der Waals surface area contributed by atoms with E-state index in [9.17, 15) is 9.59 Å². The molecule has 1 aliphatic carbocycles. The Balaban J connectivity index is 1.58. The van der Waals surface area contributed by atoms with E-state index in [1.165, 1.54) is 16.6 Å². The second kappa shape index (κ2) is 10.2. The van der Waals surface area contributed by atoms with Crippen molar-refractivity contribution in [2.45, 2.75) is 38.3 Å². The summed E-state index contributed by atoms with van der Waals surface area (Å²) in [6.45, 7) is 4.76. The van der Waals surface area contributed by atoms with Crippen LogP contribution in [-0.2, 0) is 12.8 Å². The molecule has 2 aromatic carbocycles. The molecule has 8 heteroatoms. The summed E-state index contributed by atoms with van der Waals surface area (Å²) in [6.07, 6.45) is 2.96. The van der Waals surface area contributed by atoms with E-state index in [2.05, 4.69) is 6.92 Å². The van der Waals surface area contributed by atoms with Crippen molar-refractivity contribution < 1.29 is 9.53 Å². The summed E-state index contributed by atoms with van der Waals surface area (Å²) < 4.78 is 7.22. The van der Waals surface area contributed by atoms with Crippen molar-refractivity contribution in [1.29, 1.82) is 0 Å². The highest BCUT2D eigenvalue weighted by Crippen LogP contribution is 2.37. The fraction of sp³-hybridized carbons (Fsp3) is 0.296. The minimum Gasteiger partial charge on any atom is -0.494 e. The molecule has 0 N–H and O–H groups in total. The first-order valence-electron chi connectivity index (χ1n) is 11.7. The Morgan fingerprint density at radius 3 is 2.66 bits per heavy atom. The van der Waals surface area contributed by atoms with Crippen LogP contribution >= 0.6 is 34.7 Å². The van der Waals surface area contributed by atoms with Gasteiger partial charge in [-0.05, 0) is 86.2 Å². The molecular weight excluding hydrogens is 500 g/mol. The maximum atomic E-state index is 13.9. The van der Waals surface area contributed by atoms with E-state index in [4.69, 9.17) is 21.3 Å². The number of thioether (sulfide) groups is 1. The lowest BCUT2D eigenvalue weighted by molar-refractivity contribution is 0.102. The molecule has 5 nitrogen and oxygen atoms in total. The van der Waals surface area contributed by atoms with E-state index in [0.29, 0.717) is 34.0 Å². The fourth-order valence-electron chi connectivity index (χ4n) is 4.40. The average Bonchev–Trinajstić information content (AvgIpc) is 3.21. The van der Waals surface area contributed by atoms with Crippen LogP contribution in [0.3, 0.4) is 0 Å². The van der Waals surface area contributed by atoms with Crippen LogP contribution in [0.25, 0.3) is 15.9 Å². The third-order valence-electron chi connectivity index (χ3n) is 6.20. The monoisotopic (exact) mass is 524 g/mol. The lowest BCUT2D eigenvalue weighted by Gasteiger charge is -2.18. The number of hydrogen-bond donors (Lipinski definition) is 0. The SMILES string of the molecule is CCOc1ccc(-n2c(SCC(=O)c3ccc(Cl)cc3)nc3sc4c(c3c2=O)CCC(C)C4)cc1. The van der Waals surface area contributed by atoms with Crippen LogP contribution in [0.15, 0.2) is 58.5 Å². The molecule has 1 unspecified atom stereocenters. The Hall–Kier alpha value is -2.61. The molecule has 0 aliphatic heterocycles. The van der Waals surface area contributed by atoms with Crippen molar-refractivity contribution in [2.75, 3.05) is 12.4 Å². The predicted molar refractivity (Wildman–Crippen MR) is 144 cm³/mol. The third kappa shape index (κ3) is 4.90. The van der Waals surface area contributed by atoms with Crippen LogP contribution in [0.5, 0.6) is 5.75 Å². The molecule has 2 aromatic heterocycles. The average molecular weight is 525 g/mol. The smallest absolute Gasteiger partial charge is 0.267 e. The quantitative estimate of drug-likeness (QED) is 0.155. The molecule has 180 valence electrons. The van der Waals surface area contributed by atoms with Gasteiger partial charge in [-0.1, -0.05) is 30.3 Å². The van der Waals surface area contributed by atoms with Crippen molar-refractivity contribution in [2.24, 2.45) is 5.92 Å². The van der Waals surface area contributed by atoms with E-state index in [1.54, 1.807) is 40.2 Å². The molecule has 35 heavy (non-hydrogen) atoms. The van der Waals surface area contributed by atoms with Gasteiger partial charge in [-0.2, -0.15) is 0 Å². The number of carbonyl (C=O) groups is 1. The zero-order valence-electron chi connectivity index (χ0n) is 19.5. The van der Waals surface area contributed by atoms with E-state index < -0.39 is 0 Å². The second-order valence-electron chi connectivity index (χ2n) is 8.71. The summed E-state index contributed by atoms with van der Waals surface area (Å²) in [6, 6.07) is 14.3. The van der Waals surface area contributed by atoms with Gasteiger partial charge in [0.25, 0.3) is 5.56 Å². The van der Waals surface area contributed by atoms with E-state index in [0.717, 1.165) is 40.8 Å². The maximum absolute atomic E-state index is 13.9. The highest BCUT2D eigenvalue weighted by atomic mass is 35.5. The number of nitrogens with zero attached hydrogens (tertiary/aromatic N) is 2. The molecule has 5 rings (SSSR count). The highest BCUT2D eigenvalue weighted by Gasteiger charge is 2.25. The summed E-state index contributed by atoms with van der Waals surface area (Å²) >= 11 is 8.86. The van der Waals surface area contributed by atoms with Crippen molar-refractivity contribution in [3.8, 4) is 11.4 Å². The molecule has 0 amide bonds. The second-order valence-corrected chi connectivity index (χ2v) is 11.2. The van der Waals surface area contributed by atoms with Gasteiger partial charge < -0.3 is 4.74 Å². The lowest BCUT2D eigenvalue weighted by Crippen LogP contribution is -2.23. The van der Waals surface area contributed by atoms with Crippen LogP contribution in [0, 0.1) is 5.92 Å². The predicted octanol–water partition coefficient (Wildman–Crippen LogP) is 6.60. The normalized spacial score (nSPS) is 15.2. The zero-order chi connectivity index (χ0) is 24.5. The van der Waals surface area contributed by atoms with Gasteiger partial charge in [-0.15, -0.1) is 11.3 Å². The maximum Gasteiger partial charge on any atom is 0.267 e. The van der Waals surface area contributed by atoms with Gasteiger partial charge in [-0.3, -0.25) is 14.2 Å². The number of ether oxygens (including phenoxy) is 1. The Labute approximate surface area is 217 Å². The Kier molecular flexibility index (Phi) is 7.00. The highest BCUT2D eigenvalue weighted by molar-refractivity contribution is 7.99. The van der Waals surface area contributed by atoms with Gasteiger partial charge in [0, 0.05) is 15.5 Å². The van der Waals surface area contributed by atoms with Gasteiger partial charge in [0.15, 0.2) is 10.9 Å². The van der Waals surface area contributed by atoms with E-state index in [1.807, 2.05) is 31.2 Å². The first-order chi connectivity index (χ1) is 16.9. The van der Waals surface area contributed by atoms with Crippen molar-refractivity contribution in [3.63, 3.8) is 0 Å². The number of halogens is 1. The molecule has 2 heterocycles. The topological polar surface area (TPSA) is 61.2 Å². The molecule has 4 aromatic rings. The van der Waals surface area contributed by atoms with Crippen molar-refractivity contribution in [1.82, 2.24) is 9.55 Å². The van der Waals surface area contributed by atoms with Crippen molar-refractivity contribution in [3.05, 3.63) is 79.9 Å². The van der Waals surface area contributed by atoms with Gasteiger partial charge in [-0.25, -0.2) is 4.98 Å². The number of fused-ring (bicyclic) bond motifs is 3. The summed E-state index contributed by atoms with van der Waals surface area (Å²) in [4.78, 5) is 33.7. The number of hydrogen-bond acceptors (Lipinski definition) is 6. The first-order valence-corrected chi connectivity index (χ1v) is 13.8. The number of rotatable bonds is 7. The molecule has 0 bridgehead atoms. The fourth-order valence-corrected chi connectivity index (χ4v) is 6.86. The Morgan fingerprint density at radius 2 is 1.94 bits per heavy atom. The van der Waals surface area contributed by atoms with E-state index >= 15 is 0 Å². The van der Waals surface area contributed by atoms with Crippen LogP contribution in [0.1, 0.15) is 41.1 Å². The van der Waals surface area contributed by atoms with Crippen LogP contribution in [0.2, 0.25) is 5.02 Å². The number of benzene rings is 2. The number of aryl methyl sites for hydroxylation is 1. The van der Waals surface area contributed by atoms with Crippen LogP contribution in [0.4, 0.5) is 0 Å².